The number of carbonyl (C=O) groups is 1. The van der Waals surface area contributed by atoms with Crippen molar-refractivity contribution in [2.24, 2.45) is 0 Å². The molecule has 1 amide bonds. The first kappa shape index (κ1) is 23.2. The second-order valence-corrected chi connectivity index (χ2v) is 9.14. The largest absolute Gasteiger partial charge is 0.493 e. The topological polar surface area (TPSA) is 56.6 Å². The lowest BCUT2D eigenvalue weighted by Gasteiger charge is -2.18. The fourth-order valence-corrected chi connectivity index (χ4v) is 4.89. The van der Waals surface area contributed by atoms with E-state index in [2.05, 4.69) is 10.6 Å². The molecule has 1 aliphatic heterocycles. The minimum absolute atomic E-state index is 0.0266. The summed E-state index contributed by atoms with van der Waals surface area (Å²) in [6.45, 7) is 2.01. The fourth-order valence-electron chi connectivity index (χ4n) is 4.71. The van der Waals surface area contributed by atoms with Crippen LogP contribution in [0.25, 0.3) is 11.0 Å². The van der Waals surface area contributed by atoms with Crippen molar-refractivity contribution >= 4 is 34.2 Å². The molecule has 0 N–H and O–H groups in total. The number of hydrogen-bond acceptors (Lipinski definition) is 4. The molecular formula is C28H28ClN3O3. The second kappa shape index (κ2) is 10.4. The number of hydrogen-bond donors (Lipinski definition) is 0. The maximum atomic E-state index is 12.9. The number of halogens is 1. The number of aryl methyl sites for hydroxylation is 1. The average Bonchev–Trinajstić information content (AvgIpc) is 3.44. The Balaban J connectivity index is 1.29. The van der Waals surface area contributed by atoms with Crippen molar-refractivity contribution in [3.63, 3.8) is 0 Å². The van der Waals surface area contributed by atoms with Crippen molar-refractivity contribution < 1.29 is 14.3 Å². The number of rotatable bonds is 9. The van der Waals surface area contributed by atoms with Gasteiger partial charge in [-0.1, -0.05) is 41.9 Å². The smallest absolute Gasteiger partial charge is 0.227 e. The molecule has 1 aromatic heterocycles. The Bertz CT molecular complexity index is 1340. The van der Waals surface area contributed by atoms with Crippen molar-refractivity contribution in [1.82, 2.24) is 9.55 Å². The van der Waals surface area contributed by atoms with Crippen LogP contribution in [0.3, 0.4) is 0 Å². The normalized spacial score (nSPS) is 15.7. The zero-order valence-corrected chi connectivity index (χ0v) is 20.4. The van der Waals surface area contributed by atoms with Crippen molar-refractivity contribution in [1.29, 1.82) is 0 Å². The summed E-state index contributed by atoms with van der Waals surface area (Å²) in [6, 6.07) is 23.3. The molecule has 1 unspecified atom stereocenters. The first-order valence-electron chi connectivity index (χ1n) is 11.9. The molecule has 7 heteroatoms. The second-order valence-electron chi connectivity index (χ2n) is 8.70. The molecular weight excluding hydrogens is 462 g/mol. The van der Waals surface area contributed by atoms with Gasteiger partial charge in [-0.2, -0.15) is 0 Å². The van der Waals surface area contributed by atoms with Gasteiger partial charge in [-0.15, -0.1) is 0 Å². The van der Waals surface area contributed by atoms with Crippen molar-refractivity contribution in [2.75, 3.05) is 25.2 Å². The lowest BCUT2D eigenvalue weighted by Crippen LogP contribution is -2.24. The molecule has 180 valence electrons. The summed E-state index contributed by atoms with van der Waals surface area (Å²) in [4.78, 5) is 19.7. The number of unbranched alkanes of at least 4 members (excludes halogenated alkanes) is 1. The van der Waals surface area contributed by atoms with E-state index in [-0.39, 0.29) is 11.8 Å². The zero-order valence-electron chi connectivity index (χ0n) is 19.7. The third kappa shape index (κ3) is 4.98. The Morgan fingerprint density at radius 3 is 2.63 bits per heavy atom. The van der Waals surface area contributed by atoms with Gasteiger partial charge in [0, 0.05) is 36.1 Å². The SMILES string of the molecule is COc1ccccc1OCCCCn1c(C2CC(=O)N(c3cccc(Cl)c3)C2)nc2ccccc21. The average molecular weight is 490 g/mol. The van der Waals surface area contributed by atoms with E-state index in [4.69, 9.17) is 26.1 Å². The molecule has 0 saturated carbocycles. The van der Waals surface area contributed by atoms with E-state index in [1.165, 1.54) is 0 Å². The van der Waals surface area contributed by atoms with Crippen LogP contribution in [-0.2, 0) is 11.3 Å². The molecule has 4 aromatic rings. The number of benzene rings is 3. The lowest BCUT2D eigenvalue weighted by atomic mass is 10.1. The Morgan fingerprint density at radius 1 is 1.00 bits per heavy atom. The van der Waals surface area contributed by atoms with E-state index in [1.807, 2.05) is 71.6 Å². The number of fused-ring (bicyclic) bond motifs is 1. The fraction of sp³-hybridized carbons (Fsp3) is 0.286. The van der Waals surface area contributed by atoms with Crippen LogP contribution in [0, 0.1) is 0 Å². The number of nitrogens with zero attached hydrogens (tertiary/aromatic N) is 3. The van der Waals surface area contributed by atoms with Crippen molar-refractivity contribution in [2.45, 2.75) is 31.7 Å². The summed E-state index contributed by atoms with van der Waals surface area (Å²) in [5, 5.41) is 0.626. The first-order chi connectivity index (χ1) is 17.1. The van der Waals surface area contributed by atoms with Crippen molar-refractivity contribution in [3.8, 4) is 11.5 Å². The molecule has 5 rings (SSSR count). The van der Waals surface area contributed by atoms with Gasteiger partial charge in [0.2, 0.25) is 5.91 Å². The number of ether oxygens (including phenoxy) is 2. The molecule has 0 radical (unpaired) electrons. The number of carbonyl (C=O) groups excluding carboxylic acids is 1. The predicted octanol–water partition coefficient (Wildman–Crippen LogP) is 6.08. The minimum Gasteiger partial charge on any atom is -0.493 e. The Labute approximate surface area is 210 Å². The Hall–Kier alpha value is -3.51. The van der Waals surface area contributed by atoms with Crippen LogP contribution in [0.4, 0.5) is 5.69 Å². The van der Waals surface area contributed by atoms with E-state index in [9.17, 15) is 4.79 Å². The van der Waals surface area contributed by atoms with E-state index >= 15 is 0 Å². The van der Waals surface area contributed by atoms with Gasteiger partial charge in [0.05, 0.1) is 24.8 Å². The molecule has 2 heterocycles. The lowest BCUT2D eigenvalue weighted by molar-refractivity contribution is -0.117. The van der Waals surface area contributed by atoms with Gasteiger partial charge in [0.25, 0.3) is 0 Å². The van der Waals surface area contributed by atoms with Gasteiger partial charge in [-0.3, -0.25) is 4.79 Å². The number of amides is 1. The molecule has 0 spiro atoms. The van der Waals surface area contributed by atoms with E-state index in [1.54, 1.807) is 7.11 Å². The van der Waals surface area contributed by atoms with E-state index < -0.39 is 0 Å². The summed E-state index contributed by atoms with van der Waals surface area (Å²) in [5.74, 6) is 2.59. The van der Waals surface area contributed by atoms with Gasteiger partial charge in [-0.05, 0) is 55.3 Å². The highest BCUT2D eigenvalue weighted by atomic mass is 35.5. The monoisotopic (exact) mass is 489 g/mol. The maximum Gasteiger partial charge on any atom is 0.227 e. The summed E-state index contributed by atoms with van der Waals surface area (Å²) < 4.78 is 13.6. The molecule has 1 aliphatic rings. The zero-order chi connectivity index (χ0) is 24.2. The number of aromatic nitrogens is 2. The van der Waals surface area contributed by atoms with Crippen LogP contribution in [0.5, 0.6) is 11.5 Å². The molecule has 3 aromatic carbocycles. The van der Waals surface area contributed by atoms with Gasteiger partial charge < -0.3 is 18.9 Å². The van der Waals surface area contributed by atoms with Gasteiger partial charge in [0.15, 0.2) is 11.5 Å². The third-order valence-corrected chi connectivity index (χ3v) is 6.63. The van der Waals surface area contributed by atoms with Crippen molar-refractivity contribution in [3.05, 3.63) is 83.6 Å². The van der Waals surface area contributed by atoms with Gasteiger partial charge >= 0.3 is 0 Å². The summed E-state index contributed by atoms with van der Waals surface area (Å²) in [7, 11) is 1.65. The third-order valence-electron chi connectivity index (χ3n) is 6.40. The van der Waals surface area contributed by atoms with Crippen LogP contribution in [0.15, 0.2) is 72.8 Å². The van der Waals surface area contributed by atoms with Gasteiger partial charge in [-0.25, -0.2) is 4.98 Å². The number of anilines is 1. The summed E-state index contributed by atoms with van der Waals surface area (Å²) in [6.07, 6.45) is 2.26. The maximum absolute atomic E-state index is 12.9. The predicted molar refractivity (Wildman–Crippen MR) is 139 cm³/mol. The molecule has 1 atom stereocenters. The highest BCUT2D eigenvalue weighted by Gasteiger charge is 2.34. The van der Waals surface area contributed by atoms with Crippen LogP contribution < -0.4 is 14.4 Å². The van der Waals surface area contributed by atoms with Gasteiger partial charge in [0.1, 0.15) is 5.82 Å². The summed E-state index contributed by atoms with van der Waals surface area (Å²) >= 11 is 6.17. The molecule has 1 fully saturated rings. The minimum atomic E-state index is 0.0266. The highest BCUT2D eigenvalue weighted by molar-refractivity contribution is 6.30. The molecule has 0 aliphatic carbocycles. The van der Waals surface area contributed by atoms with E-state index in [0.29, 0.717) is 24.6 Å². The van der Waals surface area contributed by atoms with Crippen LogP contribution in [-0.4, -0.2) is 35.7 Å². The van der Waals surface area contributed by atoms with Crippen LogP contribution >= 0.6 is 11.6 Å². The molecule has 35 heavy (non-hydrogen) atoms. The molecule has 1 saturated heterocycles. The number of methoxy groups -OCH3 is 1. The Morgan fingerprint density at radius 2 is 1.80 bits per heavy atom. The van der Waals surface area contributed by atoms with E-state index in [0.717, 1.165) is 53.4 Å². The van der Waals surface area contributed by atoms with Crippen LogP contribution in [0.2, 0.25) is 5.02 Å². The highest BCUT2D eigenvalue weighted by Crippen LogP contribution is 2.34. The molecule has 6 nitrogen and oxygen atoms in total. The number of imidazole rings is 1. The molecule has 0 bridgehead atoms. The summed E-state index contributed by atoms with van der Waals surface area (Å²) in [5.41, 5.74) is 2.89. The van der Waals surface area contributed by atoms with Crippen LogP contribution in [0.1, 0.15) is 31.0 Å². The first-order valence-corrected chi connectivity index (χ1v) is 12.3. The quantitative estimate of drug-likeness (QED) is 0.267. The Kier molecular flexibility index (Phi) is 6.91. The standard InChI is InChI=1S/C28H28ClN3O3/c1-34-25-13-4-5-14-26(25)35-16-7-6-15-31-24-12-3-2-11-23(24)30-28(31)20-17-27(33)32(19-20)22-10-8-9-21(29)18-22/h2-5,8-14,18,20H,6-7,15-17,19H2,1H3. The number of para-hydroxylation sites is 4.